The summed E-state index contributed by atoms with van der Waals surface area (Å²) in [5.74, 6) is 0.595. The molecule has 38 heavy (non-hydrogen) atoms. The first-order chi connectivity index (χ1) is 18.0. The molecule has 0 radical (unpaired) electrons. The highest BCUT2D eigenvalue weighted by atomic mass is 16.5. The fourth-order valence-corrected chi connectivity index (χ4v) is 6.06. The lowest BCUT2D eigenvalue weighted by Crippen LogP contribution is -2.48. The summed E-state index contributed by atoms with van der Waals surface area (Å²) in [6, 6.07) is 6.72. The van der Waals surface area contributed by atoms with E-state index in [1.165, 1.54) is 37.7 Å². The lowest BCUT2D eigenvalue weighted by atomic mass is 9.75. The van der Waals surface area contributed by atoms with E-state index < -0.39 is 0 Å². The number of aldehydes is 1. The van der Waals surface area contributed by atoms with Gasteiger partial charge in [-0.2, -0.15) is 0 Å². The Balaban J connectivity index is 1.89. The zero-order valence-corrected chi connectivity index (χ0v) is 24.5. The highest BCUT2D eigenvalue weighted by molar-refractivity contribution is 5.97. The van der Waals surface area contributed by atoms with Crippen molar-refractivity contribution in [3.63, 3.8) is 0 Å². The molecule has 0 unspecified atom stereocenters. The minimum absolute atomic E-state index is 0.0242. The number of carbonyl (C=O) groups is 2. The summed E-state index contributed by atoms with van der Waals surface area (Å²) in [5.41, 5.74) is 6.95. The molecule has 1 aliphatic heterocycles. The van der Waals surface area contributed by atoms with E-state index in [0.717, 1.165) is 46.6 Å². The Kier molecular flexibility index (Phi) is 8.41. The summed E-state index contributed by atoms with van der Waals surface area (Å²) in [7, 11) is 1.97. The Morgan fingerprint density at radius 3 is 2.26 bits per heavy atom. The number of benzene rings is 1. The Morgan fingerprint density at radius 1 is 1.05 bits per heavy atom. The van der Waals surface area contributed by atoms with E-state index in [9.17, 15) is 9.59 Å². The van der Waals surface area contributed by atoms with Gasteiger partial charge in [0.1, 0.15) is 6.29 Å². The van der Waals surface area contributed by atoms with Crippen molar-refractivity contribution >= 4 is 17.9 Å². The SMILES string of the molecule is CNc1c(C(C)(C)C)cc(-c2cc(C(=O)NC3COC3)c(C)n2CC2CCCCC2)cc1C(C)(C)CC=O. The fraction of sp³-hybridized carbons (Fsp3) is 0.625. The predicted molar refractivity (Wildman–Crippen MR) is 155 cm³/mol. The summed E-state index contributed by atoms with van der Waals surface area (Å²) in [4.78, 5) is 25.0. The van der Waals surface area contributed by atoms with Crippen LogP contribution in [0.4, 0.5) is 5.69 Å². The molecule has 6 nitrogen and oxygen atoms in total. The first-order valence-electron chi connectivity index (χ1n) is 14.4. The summed E-state index contributed by atoms with van der Waals surface area (Å²) in [6.07, 6.45) is 7.82. The van der Waals surface area contributed by atoms with Crippen molar-refractivity contribution in [3.05, 3.63) is 40.6 Å². The molecule has 0 spiro atoms. The predicted octanol–water partition coefficient (Wildman–Crippen LogP) is 6.38. The van der Waals surface area contributed by atoms with Gasteiger partial charge in [-0.3, -0.25) is 4.79 Å². The number of amides is 1. The second-order valence-corrected chi connectivity index (χ2v) is 13.1. The molecule has 2 heterocycles. The van der Waals surface area contributed by atoms with Crippen molar-refractivity contribution in [1.82, 2.24) is 9.88 Å². The Bertz CT molecular complexity index is 1160. The molecule has 1 saturated heterocycles. The number of hydrogen-bond donors (Lipinski definition) is 2. The van der Waals surface area contributed by atoms with Gasteiger partial charge in [0.25, 0.3) is 5.91 Å². The van der Waals surface area contributed by atoms with E-state index in [2.05, 4.69) is 74.9 Å². The third-order valence-electron chi connectivity index (χ3n) is 8.56. The Hall–Kier alpha value is -2.60. The molecule has 0 atom stereocenters. The van der Waals surface area contributed by atoms with Crippen LogP contribution in [0.1, 0.15) is 100 Å². The van der Waals surface area contributed by atoms with E-state index in [4.69, 9.17) is 4.74 Å². The van der Waals surface area contributed by atoms with E-state index in [1.54, 1.807) is 0 Å². The minimum Gasteiger partial charge on any atom is -0.388 e. The van der Waals surface area contributed by atoms with Gasteiger partial charge in [0.15, 0.2) is 0 Å². The van der Waals surface area contributed by atoms with Gasteiger partial charge in [-0.15, -0.1) is 0 Å². The molecule has 1 amide bonds. The van der Waals surface area contributed by atoms with Crippen LogP contribution in [0.3, 0.4) is 0 Å². The highest BCUT2D eigenvalue weighted by Crippen LogP contribution is 2.43. The lowest BCUT2D eigenvalue weighted by Gasteiger charge is -2.32. The average molecular weight is 522 g/mol. The van der Waals surface area contributed by atoms with E-state index in [1.807, 2.05) is 7.05 Å². The zero-order valence-electron chi connectivity index (χ0n) is 24.5. The molecule has 2 aliphatic rings. The molecule has 208 valence electrons. The normalized spacial score (nSPS) is 17.2. The van der Waals surface area contributed by atoms with Crippen LogP contribution in [0.25, 0.3) is 11.3 Å². The van der Waals surface area contributed by atoms with Gasteiger partial charge in [0.2, 0.25) is 0 Å². The van der Waals surface area contributed by atoms with Crippen molar-refractivity contribution in [2.45, 2.75) is 103 Å². The number of anilines is 1. The van der Waals surface area contributed by atoms with Gasteiger partial charge < -0.3 is 24.7 Å². The van der Waals surface area contributed by atoms with Gasteiger partial charge in [0, 0.05) is 37.1 Å². The van der Waals surface area contributed by atoms with Crippen LogP contribution in [0.15, 0.2) is 18.2 Å². The van der Waals surface area contributed by atoms with Gasteiger partial charge >= 0.3 is 0 Å². The molecule has 4 rings (SSSR count). The van der Waals surface area contributed by atoms with E-state index >= 15 is 0 Å². The monoisotopic (exact) mass is 521 g/mol. The number of carbonyl (C=O) groups excluding carboxylic acids is 2. The maximum absolute atomic E-state index is 13.4. The van der Waals surface area contributed by atoms with Crippen molar-refractivity contribution in [3.8, 4) is 11.3 Å². The second-order valence-electron chi connectivity index (χ2n) is 13.1. The number of rotatable bonds is 9. The molecular formula is C32H47N3O3. The van der Waals surface area contributed by atoms with Crippen molar-refractivity contribution in [1.29, 1.82) is 0 Å². The third kappa shape index (κ3) is 5.85. The van der Waals surface area contributed by atoms with Crippen LogP contribution in [0, 0.1) is 12.8 Å². The maximum Gasteiger partial charge on any atom is 0.253 e. The molecule has 2 fully saturated rings. The first-order valence-corrected chi connectivity index (χ1v) is 14.4. The first kappa shape index (κ1) is 28.4. The van der Waals surface area contributed by atoms with Crippen molar-refractivity contribution < 1.29 is 14.3 Å². The number of nitrogens with zero attached hydrogens (tertiary/aromatic N) is 1. The zero-order chi connectivity index (χ0) is 27.7. The number of ether oxygens (including phenoxy) is 1. The van der Waals surface area contributed by atoms with Gasteiger partial charge in [0.05, 0.1) is 24.8 Å². The van der Waals surface area contributed by atoms with Crippen LogP contribution in [0.5, 0.6) is 0 Å². The smallest absolute Gasteiger partial charge is 0.253 e. The minimum atomic E-state index is -0.337. The molecule has 6 heteroatoms. The van der Waals surface area contributed by atoms with Crippen LogP contribution < -0.4 is 10.6 Å². The average Bonchev–Trinajstić information content (AvgIpc) is 3.16. The standard InChI is InChI=1S/C32H47N3O3/c1-21-25(30(37)34-24-19-38-20-24)17-28(35(21)18-22-11-9-8-10-12-22)23-15-26(31(2,3)4)29(33-7)27(16-23)32(5,6)13-14-36/h14-17,22,24,33H,8-13,18-20H2,1-7H3,(H,34,37). The Morgan fingerprint density at radius 2 is 1.71 bits per heavy atom. The lowest BCUT2D eigenvalue weighted by molar-refractivity contribution is -0.108. The number of hydrogen-bond acceptors (Lipinski definition) is 4. The van der Waals surface area contributed by atoms with Gasteiger partial charge in [-0.25, -0.2) is 0 Å². The summed E-state index contributed by atoms with van der Waals surface area (Å²) < 4.78 is 7.67. The third-order valence-corrected chi connectivity index (χ3v) is 8.56. The van der Waals surface area contributed by atoms with Crippen LogP contribution in [-0.2, 0) is 26.9 Å². The summed E-state index contributed by atoms with van der Waals surface area (Å²) in [6.45, 7) is 15.1. The molecule has 1 aromatic heterocycles. The number of nitrogens with one attached hydrogen (secondary N) is 2. The molecule has 0 bridgehead atoms. The van der Waals surface area contributed by atoms with Crippen LogP contribution >= 0.6 is 0 Å². The molecular weight excluding hydrogens is 474 g/mol. The highest BCUT2D eigenvalue weighted by Gasteiger charge is 2.31. The molecule has 2 aromatic rings. The largest absolute Gasteiger partial charge is 0.388 e. The quantitative estimate of drug-likeness (QED) is 0.376. The molecule has 1 aliphatic carbocycles. The van der Waals surface area contributed by atoms with Crippen molar-refractivity contribution in [2.75, 3.05) is 25.6 Å². The molecule has 2 N–H and O–H groups in total. The van der Waals surface area contributed by atoms with Crippen LogP contribution in [0.2, 0.25) is 0 Å². The summed E-state index contributed by atoms with van der Waals surface area (Å²) in [5, 5.41) is 6.61. The topological polar surface area (TPSA) is 72.4 Å². The van der Waals surface area contributed by atoms with Gasteiger partial charge in [-0.1, -0.05) is 53.9 Å². The Labute approximate surface area is 228 Å². The second kappa shape index (κ2) is 11.3. The van der Waals surface area contributed by atoms with E-state index in [-0.39, 0.29) is 22.8 Å². The molecule has 1 saturated carbocycles. The van der Waals surface area contributed by atoms with Crippen LogP contribution in [-0.4, -0.2) is 43.1 Å². The summed E-state index contributed by atoms with van der Waals surface area (Å²) >= 11 is 0. The maximum atomic E-state index is 13.4. The van der Waals surface area contributed by atoms with Gasteiger partial charge in [-0.05, 0) is 71.4 Å². The number of aromatic nitrogens is 1. The fourth-order valence-electron chi connectivity index (χ4n) is 6.06. The van der Waals surface area contributed by atoms with E-state index in [0.29, 0.717) is 25.6 Å². The van der Waals surface area contributed by atoms with Crippen molar-refractivity contribution in [2.24, 2.45) is 5.92 Å². The molecule has 1 aromatic carbocycles.